The molecular formula is C37H80O8P2. The van der Waals surface area contributed by atoms with Gasteiger partial charge in [0.2, 0.25) is 0 Å². The van der Waals surface area contributed by atoms with Crippen molar-refractivity contribution >= 4 is 15.6 Å². The molecule has 286 valence electrons. The second-order valence-corrected chi connectivity index (χ2v) is 16.4. The predicted molar refractivity (Wildman–Crippen MR) is 200 cm³/mol. The summed E-state index contributed by atoms with van der Waals surface area (Å²) < 4.78 is 45.9. The smallest absolute Gasteiger partial charge is 0.303 e. The molecule has 0 bridgehead atoms. The first-order chi connectivity index (χ1) is 22.5. The van der Waals surface area contributed by atoms with Crippen molar-refractivity contribution in [1.29, 1.82) is 0 Å². The first kappa shape index (κ1) is 49.3. The molecule has 3 unspecified atom stereocenters. The zero-order valence-electron chi connectivity index (χ0n) is 32.1. The fourth-order valence-electron chi connectivity index (χ4n) is 5.35. The Labute approximate surface area is 292 Å². The van der Waals surface area contributed by atoms with E-state index in [1.165, 1.54) is 89.9 Å². The molecule has 0 rings (SSSR count). The van der Waals surface area contributed by atoms with E-state index in [0.717, 1.165) is 57.8 Å². The largest absolute Gasteiger partial charge is 0.474 e. The monoisotopic (exact) mass is 715 g/mol. The molecule has 0 aliphatic rings. The van der Waals surface area contributed by atoms with Gasteiger partial charge in [-0.15, -0.1) is 0 Å². The number of unbranched alkanes of at least 4 members (excludes halogenated alkanes) is 13. The van der Waals surface area contributed by atoms with Crippen molar-refractivity contribution in [2.75, 3.05) is 26.4 Å². The van der Waals surface area contributed by atoms with Crippen LogP contribution >= 0.6 is 15.6 Å². The molecule has 0 amide bonds. The molecule has 0 aromatic carbocycles. The maximum atomic E-state index is 13.4. The summed E-state index contributed by atoms with van der Waals surface area (Å²) in [6, 6.07) is 0. The van der Waals surface area contributed by atoms with Crippen molar-refractivity contribution in [3.8, 4) is 0 Å². The third kappa shape index (κ3) is 34.4. The van der Waals surface area contributed by atoms with Gasteiger partial charge < -0.3 is 9.79 Å². The van der Waals surface area contributed by atoms with E-state index < -0.39 is 15.6 Å². The highest BCUT2D eigenvalue weighted by molar-refractivity contribution is 7.48. The molecule has 0 saturated carbocycles. The molecule has 0 aliphatic heterocycles. The van der Waals surface area contributed by atoms with Gasteiger partial charge in [-0.3, -0.25) is 18.1 Å². The highest BCUT2D eigenvalue weighted by Crippen LogP contribution is 2.51. The lowest BCUT2D eigenvalue weighted by Gasteiger charge is -2.25. The minimum absolute atomic E-state index is 0.168. The Morgan fingerprint density at radius 3 is 1.00 bits per heavy atom. The zero-order chi connectivity index (χ0) is 35.7. The number of rotatable bonds is 34. The van der Waals surface area contributed by atoms with Gasteiger partial charge >= 0.3 is 15.6 Å². The Kier molecular flexibility index (Phi) is 36.4. The summed E-state index contributed by atoms with van der Waals surface area (Å²) in [7, 11) is -7.76. The van der Waals surface area contributed by atoms with Gasteiger partial charge in [0, 0.05) is 0 Å². The molecule has 3 atom stereocenters. The second kappa shape index (κ2) is 34.7. The molecule has 47 heavy (non-hydrogen) atoms. The van der Waals surface area contributed by atoms with Crippen molar-refractivity contribution in [1.82, 2.24) is 0 Å². The van der Waals surface area contributed by atoms with Crippen LogP contribution in [-0.2, 0) is 27.2 Å². The van der Waals surface area contributed by atoms with E-state index in [1.807, 2.05) is 0 Å². The van der Waals surface area contributed by atoms with Gasteiger partial charge in [0.1, 0.15) is 0 Å². The van der Waals surface area contributed by atoms with Crippen molar-refractivity contribution < 1.29 is 37.0 Å². The van der Waals surface area contributed by atoms with Crippen LogP contribution in [0.1, 0.15) is 196 Å². The molecule has 10 heteroatoms. The van der Waals surface area contributed by atoms with E-state index in [4.69, 9.17) is 23.4 Å². The van der Waals surface area contributed by atoms with Crippen LogP contribution in [0.5, 0.6) is 0 Å². The SMILES string of the molecule is CCCCC(CC)COP(=O)(OCC(CC)CCCC)OCC(CC)CCCC.CCCCCCCCCCCCCOP(=O)(O)O. The Morgan fingerprint density at radius 1 is 0.426 bits per heavy atom. The standard InChI is InChI=1S/C24H51O4P.C13H29O4P/c1-7-13-16-22(10-4)19-26-29(25,27-20-23(11-5)17-14-8-2)28-21-24(12-6)18-15-9-3;1-2-3-4-5-6-7-8-9-10-11-12-13-17-18(14,15)16/h22-24H,7-21H2,1-6H3;2-13H2,1H3,(H2,14,15,16). The van der Waals surface area contributed by atoms with Crippen LogP contribution in [0.25, 0.3) is 0 Å². The van der Waals surface area contributed by atoms with E-state index >= 15 is 0 Å². The first-order valence-corrected chi connectivity index (χ1v) is 22.8. The number of phosphoric acid groups is 2. The van der Waals surface area contributed by atoms with Gasteiger partial charge in [-0.25, -0.2) is 9.13 Å². The maximum absolute atomic E-state index is 13.4. The number of hydrogen-bond donors (Lipinski definition) is 2. The first-order valence-electron chi connectivity index (χ1n) is 19.8. The molecule has 0 fully saturated rings. The number of hydrogen-bond acceptors (Lipinski definition) is 6. The molecular weight excluding hydrogens is 634 g/mol. The summed E-state index contributed by atoms with van der Waals surface area (Å²) in [5.41, 5.74) is 0. The lowest BCUT2D eigenvalue weighted by atomic mass is 10.0. The Bertz CT molecular complexity index is 676. The fraction of sp³-hybridized carbons (Fsp3) is 1.00. The third-order valence-corrected chi connectivity index (χ3v) is 11.0. The molecule has 0 aromatic rings. The second-order valence-electron chi connectivity index (χ2n) is 13.4. The fourth-order valence-corrected chi connectivity index (χ4v) is 7.12. The van der Waals surface area contributed by atoms with Crippen LogP contribution in [0, 0.1) is 17.8 Å². The molecule has 0 aromatic heterocycles. The average Bonchev–Trinajstić information content (AvgIpc) is 3.05. The van der Waals surface area contributed by atoms with Crippen molar-refractivity contribution in [3.05, 3.63) is 0 Å². The lowest BCUT2D eigenvalue weighted by Crippen LogP contribution is -2.16. The van der Waals surface area contributed by atoms with Crippen LogP contribution < -0.4 is 0 Å². The average molecular weight is 715 g/mol. The summed E-state index contributed by atoms with van der Waals surface area (Å²) in [4.78, 5) is 16.9. The Morgan fingerprint density at radius 2 is 0.723 bits per heavy atom. The Balaban J connectivity index is 0. The van der Waals surface area contributed by atoms with Gasteiger partial charge in [0.05, 0.1) is 26.4 Å². The molecule has 0 heterocycles. The van der Waals surface area contributed by atoms with Crippen molar-refractivity contribution in [2.45, 2.75) is 196 Å². The van der Waals surface area contributed by atoms with E-state index in [-0.39, 0.29) is 6.61 Å². The van der Waals surface area contributed by atoms with Crippen molar-refractivity contribution in [3.63, 3.8) is 0 Å². The summed E-state index contributed by atoms with van der Waals surface area (Å²) in [5.74, 6) is 1.25. The van der Waals surface area contributed by atoms with Crippen LogP contribution in [-0.4, -0.2) is 36.2 Å². The third-order valence-electron chi connectivity index (χ3n) is 9.04. The van der Waals surface area contributed by atoms with Crippen LogP contribution in [0.2, 0.25) is 0 Å². The van der Waals surface area contributed by atoms with E-state index in [1.54, 1.807) is 0 Å². The predicted octanol–water partition coefficient (Wildman–Crippen LogP) is 13.2. The highest BCUT2D eigenvalue weighted by atomic mass is 31.2. The van der Waals surface area contributed by atoms with Gasteiger partial charge in [0.15, 0.2) is 0 Å². The quantitative estimate of drug-likeness (QED) is 0.0500. The van der Waals surface area contributed by atoms with Crippen LogP contribution in [0.3, 0.4) is 0 Å². The summed E-state index contributed by atoms with van der Waals surface area (Å²) in [6.07, 6.45) is 26.9. The molecule has 0 aliphatic carbocycles. The number of phosphoric ester groups is 2. The van der Waals surface area contributed by atoms with Crippen LogP contribution in [0.15, 0.2) is 0 Å². The van der Waals surface area contributed by atoms with Gasteiger partial charge in [-0.1, -0.05) is 170 Å². The normalized spacial score (nSPS) is 15.1. The van der Waals surface area contributed by atoms with Gasteiger partial charge in [-0.05, 0) is 43.4 Å². The molecule has 0 spiro atoms. The van der Waals surface area contributed by atoms with E-state index in [9.17, 15) is 9.13 Å². The minimum atomic E-state index is -4.25. The maximum Gasteiger partial charge on any atom is 0.474 e. The zero-order valence-corrected chi connectivity index (χ0v) is 33.9. The summed E-state index contributed by atoms with van der Waals surface area (Å²) >= 11 is 0. The van der Waals surface area contributed by atoms with Gasteiger partial charge in [0.25, 0.3) is 0 Å². The summed E-state index contributed by atoms with van der Waals surface area (Å²) in [5, 5.41) is 0. The van der Waals surface area contributed by atoms with E-state index in [0.29, 0.717) is 37.6 Å². The molecule has 2 N–H and O–H groups in total. The Hall–Kier alpha value is 0.220. The topological polar surface area (TPSA) is 112 Å². The molecule has 8 nitrogen and oxygen atoms in total. The van der Waals surface area contributed by atoms with E-state index in [2.05, 4.69) is 53.0 Å². The molecule has 0 saturated heterocycles. The van der Waals surface area contributed by atoms with Crippen LogP contribution in [0.4, 0.5) is 0 Å². The van der Waals surface area contributed by atoms with Gasteiger partial charge in [-0.2, -0.15) is 0 Å². The summed E-state index contributed by atoms with van der Waals surface area (Å²) in [6.45, 7) is 16.9. The minimum Gasteiger partial charge on any atom is -0.303 e. The highest BCUT2D eigenvalue weighted by Gasteiger charge is 2.30. The van der Waals surface area contributed by atoms with Crippen molar-refractivity contribution in [2.24, 2.45) is 17.8 Å². The lowest BCUT2D eigenvalue weighted by molar-refractivity contribution is 0.0732. The molecule has 0 radical (unpaired) electrons.